The van der Waals surface area contributed by atoms with Crippen LogP contribution in [0.3, 0.4) is 0 Å². The summed E-state index contributed by atoms with van der Waals surface area (Å²) < 4.78 is 0.723. The van der Waals surface area contributed by atoms with Crippen molar-refractivity contribution in [2.45, 2.75) is 32.7 Å². The molecule has 0 radical (unpaired) electrons. The normalized spacial score (nSPS) is 14.4. The van der Waals surface area contributed by atoms with Gasteiger partial charge in [-0.1, -0.05) is 35.8 Å². The molecular formula is C12H17BrN2O2. The summed E-state index contributed by atoms with van der Waals surface area (Å²) in [6, 6.07) is 5.24. The van der Waals surface area contributed by atoms with E-state index in [1.54, 1.807) is 12.1 Å². The molecule has 0 aliphatic heterocycles. The summed E-state index contributed by atoms with van der Waals surface area (Å²) >= 11 is 3.24. The van der Waals surface area contributed by atoms with Crippen LogP contribution in [0.15, 0.2) is 22.7 Å². The zero-order valence-electron chi connectivity index (χ0n) is 10.0. The quantitative estimate of drug-likeness (QED) is 0.670. The van der Waals surface area contributed by atoms with Crippen molar-refractivity contribution in [3.8, 4) is 0 Å². The van der Waals surface area contributed by atoms with Crippen LogP contribution in [0, 0.1) is 16.0 Å². The van der Waals surface area contributed by atoms with Crippen LogP contribution in [0.25, 0.3) is 0 Å². The molecule has 0 saturated carbocycles. The summed E-state index contributed by atoms with van der Waals surface area (Å²) in [4.78, 5) is 10.6. The maximum atomic E-state index is 10.9. The Hall–Kier alpha value is -0.940. The van der Waals surface area contributed by atoms with Crippen molar-refractivity contribution in [3.63, 3.8) is 0 Å². The molecule has 0 spiro atoms. The third kappa shape index (κ3) is 3.78. The summed E-state index contributed by atoms with van der Waals surface area (Å²) in [6.45, 7) is 4.05. The number of benzene rings is 1. The highest BCUT2D eigenvalue weighted by molar-refractivity contribution is 9.10. The second kappa shape index (κ2) is 6.12. The molecule has 2 unspecified atom stereocenters. The van der Waals surface area contributed by atoms with Crippen LogP contribution >= 0.6 is 15.9 Å². The molecule has 17 heavy (non-hydrogen) atoms. The van der Waals surface area contributed by atoms with Gasteiger partial charge in [0.15, 0.2) is 0 Å². The molecule has 0 aliphatic rings. The third-order valence-electron chi connectivity index (χ3n) is 2.99. The molecular weight excluding hydrogens is 284 g/mol. The highest BCUT2D eigenvalue weighted by atomic mass is 79.9. The molecule has 2 atom stereocenters. The van der Waals surface area contributed by atoms with Gasteiger partial charge in [-0.25, -0.2) is 0 Å². The molecule has 0 saturated heterocycles. The highest BCUT2D eigenvalue weighted by Crippen LogP contribution is 2.26. The van der Waals surface area contributed by atoms with Gasteiger partial charge >= 0.3 is 0 Å². The molecule has 1 rings (SSSR count). The Kier molecular flexibility index (Phi) is 5.08. The van der Waals surface area contributed by atoms with Crippen LogP contribution in [0.5, 0.6) is 0 Å². The molecule has 0 fully saturated rings. The van der Waals surface area contributed by atoms with Crippen LogP contribution in [-0.4, -0.2) is 11.0 Å². The first-order valence-electron chi connectivity index (χ1n) is 5.64. The van der Waals surface area contributed by atoms with Gasteiger partial charge in [0.05, 0.1) is 4.92 Å². The Morgan fingerprint density at radius 1 is 1.53 bits per heavy atom. The Labute approximate surface area is 109 Å². The average Bonchev–Trinajstić information content (AvgIpc) is 2.29. The first kappa shape index (κ1) is 14.1. The summed E-state index contributed by atoms with van der Waals surface area (Å²) in [7, 11) is 0. The number of hydrogen-bond acceptors (Lipinski definition) is 3. The van der Waals surface area contributed by atoms with Crippen molar-refractivity contribution in [2.75, 3.05) is 0 Å². The molecule has 1 aromatic carbocycles. The van der Waals surface area contributed by atoms with Crippen LogP contribution in [0.4, 0.5) is 5.69 Å². The van der Waals surface area contributed by atoms with Crippen molar-refractivity contribution < 1.29 is 4.92 Å². The van der Waals surface area contributed by atoms with E-state index in [1.165, 1.54) is 0 Å². The molecule has 5 heteroatoms. The van der Waals surface area contributed by atoms with Crippen LogP contribution in [-0.2, 0) is 6.42 Å². The molecule has 2 N–H and O–H groups in total. The standard InChI is InChI=1S/C12H17BrN2O2/c1-3-11(14)8(2)6-9-4-5-10(13)7-12(9)15(16)17/h4-5,7-8,11H,3,6,14H2,1-2H3. The van der Waals surface area contributed by atoms with Gasteiger partial charge in [0, 0.05) is 22.1 Å². The predicted octanol–water partition coefficient (Wildman–Crippen LogP) is 3.27. The van der Waals surface area contributed by atoms with E-state index in [-0.39, 0.29) is 22.6 Å². The minimum absolute atomic E-state index is 0.0817. The Morgan fingerprint density at radius 2 is 2.18 bits per heavy atom. The molecule has 0 heterocycles. The number of hydrogen-bond donors (Lipinski definition) is 1. The summed E-state index contributed by atoms with van der Waals surface area (Å²) in [5.41, 5.74) is 6.85. The smallest absolute Gasteiger partial charge is 0.273 e. The van der Waals surface area contributed by atoms with Gasteiger partial charge in [-0.05, 0) is 24.8 Å². The van der Waals surface area contributed by atoms with Crippen LogP contribution in [0.1, 0.15) is 25.8 Å². The maximum absolute atomic E-state index is 10.9. The number of rotatable bonds is 5. The molecule has 0 amide bonds. The number of nitrogens with two attached hydrogens (primary N) is 1. The predicted molar refractivity (Wildman–Crippen MR) is 71.9 cm³/mol. The fourth-order valence-electron chi connectivity index (χ4n) is 1.78. The largest absolute Gasteiger partial charge is 0.327 e. The lowest BCUT2D eigenvalue weighted by atomic mass is 9.92. The number of halogens is 1. The molecule has 0 aromatic heterocycles. The first-order chi connectivity index (χ1) is 7.95. The van der Waals surface area contributed by atoms with Gasteiger partial charge < -0.3 is 5.73 Å². The SMILES string of the molecule is CCC(N)C(C)Cc1ccc(Br)cc1[N+](=O)[O-]. The van der Waals surface area contributed by atoms with Crippen molar-refractivity contribution in [3.05, 3.63) is 38.3 Å². The van der Waals surface area contributed by atoms with Gasteiger partial charge in [0.1, 0.15) is 0 Å². The zero-order chi connectivity index (χ0) is 13.0. The van der Waals surface area contributed by atoms with E-state index in [1.807, 2.05) is 19.9 Å². The lowest BCUT2D eigenvalue weighted by Crippen LogP contribution is -2.28. The van der Waals surface area contributed by atoms with E-state index in [4.69, 9.17) is 5.73 Å². The van der Waals surface area contributed by atoms with Gasteiger partial charge in [-0.2, -0.15) is 0 Å². The van der Waals surface area contributed by atoms with E-state index in [2.05, 4.69) is 15.9 Å². The van der Waals surface area contributed by atoms with E-state index < -0.39 is 0 Å². The van der Waals surface area contributed by atoms with Crippen molar-refractivity contribution in [1.82, 2.24) is 0 Å². The van der Waals surface area contributed by atoms with Gasteiger partial charge in [-0.15, -0.1) is 0 Å². The second-order valence-corrected chi connectivity index (χ2v) is 5.20. The molecule has 4 nitrogen and oxygen atoms in total. The summed E-state index contributed by atoms with van der Waals surface area (Å²) in [5, 5.41) is 10.9. The minimum atomic E-state index is -0.343. The van der Waals surface area contributed by atoms with Gasteiger partial charge in [0.2, 0.25) is 0 Å². The van der Waals surface area contributed by atoms with E-state index in [0.717, 1.165) is 16.5 Å². The Bertz CT molecular complexity index is 409. The average molecular weight is 301 g/mol. The van der Waals surface area contributed by atoms with E-state index >= 15 is 0 Å². The fourth-order valence-corrected chi connectivity index (χ4v) is 2.13. The number of nitrogens with zero attached hydrogens (tertiary/aromatic N) is 1. The minimum Gasteiger partial charge on any atom is -0.327 e. The van der Waals surface area contributed by atoms with Crippen molar-refractivity contribution in [1.29, 1.82) is 0 Å². The number of nitro groups is 1. The van der Waals surface area contributed by atoms with E-state index in [0.29, 0.717) is 6.42 Å². The first-order valence-corrected chi connectivity index (χ1v) is 6.43. The van der Waals surface area contributed by atoms with Gasteiger partial charge in [-0.3, -0.25) is 10.1 Å². The lowest BCUT2D eigenvalue weighted by Gasteiger charge is -2.18. The summed E-state index contributed by atoms with van der Waals surface area (Å²) in [6.07, 6.45) is 1.52. The fraction of sp³-hybridized carbons (Fsp3) is 0.500. The van der Waals surface area contributed by atoms with Crippen molar-refractivity contribution in [2.24, 2.45) is 11.7 Å². The zero-order valence-corrected chi connectivity index (χ0v) is 11.6. The Morgan fingerprint density at radius 3 is 2.71 bits per heavy atom. The topological polar surface area (TPSA) is 69.2 Å². The molecule has 94 valence electrons. The highest BCUT2D eigenvalue weighted by Gasteiger charge is 2.19. The second-order valence-electron chi connectivity index (χ2n) is 4.28. The molecule has 1 aromatic rings. The van der Waals surface area contributed by atoms with Crippen molar-refractivity contribution >= 4 is 21.6 Å². The monoisotopic (exact) mass is 300 g/mol. The number of nitro benzene ring substituents is 1. The third-order valence-corrected chi connectivity index (χ3v) is 3.48. The molecule has 0 aliphatic carbocycles. The van der Waals surface area contributed by atoms with Crippen LogP contribution < -0.4 is 5.73 Å². The van der Waals surface area contributed by atoms with Crippen LogP contribution in [0.2, 0.25) is 0 Å². The lowest BCUT2D eigenvalue weighted by molar-refractivity contribution is -0.385. The maximum Gasteiger partial charge on any atom is 0.273 e. The van der Waals surface area contributed by atoms with Gasteiger partial charge in [0.25, 0.3) is 5.69 Å². The Balaban J connectivity index is 2.94. The molecule has 0 bridgehead atoms. The van der Waals surface area contributed by atoms with E-state index in [9.17, 15) is 10.1 Å². The summed E-state index contributed by atoms with van der Waals surface area (Å²) in [5.74, 6) is 0.236.